The van der Waals surface area contributed by atoms with Crippen molar-refractivity contribution >= 4 is 17.3 Å². The monoisotopic (exact) mass is 349 g/mol. The minimum absolute atomic E-state index is 0.767. The number of halogens is 1. The predicted octanol–water partition coefficient (Wildman–Crippen LogP) is 3.94. The molecule has 0 amide bonds. The van der Waals surface area contributed by atoms with Gasteiger partial charge < -0.3 is 10.2 Å². The summed E-state index contributed by atoms with van der Waals surface area (Å²) in [5.74, 6) is 0.943. The molecule has 134 valence electrons. The number of anilines is 1. The van der Waals surface area contributed by atoms with E-state index in [0.29, 0.717) is 0 Å². The van der Waals surface area contributed by atoms with Crippen LogP contribution in [0, 0.1) is 12.8 Å². The van der Waals surface area contributed by atoms with Crippen LogP contribution in [0.1, 0.15) is 37.7 Å². The van der Waals surface area contributed by atoms with Gasteiger partial charge >= 0.3 is 0 Å². The van der Waals surface area contributed by atoms with E-state index in [-0.39, 0.29) is 0 Å². The molecule has 1 aliphatic carbocycles. The normalized spacial score (nSPS) is 25.9. The highest BCUT2D eigenvalue weighted by molar-refractivity contribution is 6.34. The first kappa shape index (κ1) is 18.0. The molecule has 0 atom stereocenters. The topological polar surface area (TPSA) is 18.5 Å². The molecule has 0 unspecified atom stereocenters. The summed E-state index contributed by atoms with van der Waals surface area (Å²) in [7, 11) is 2.10. The molecular formula is C20H32ClN3. The summed E-state index contributed by atoms with van der Waals surface area (Å²) in [5.41, 5.74) is 2.38. The van der Waals surface area contributed by atoms with Gasteiger partial charge in [0.05, 0.1) is 10.7 Å². The molecule has 1 aliphatic heterocycles. The standard InChI is InChI=1S/C20H32ClN3/c1-16-4-3-5-19(20(16)21)24-14-12-23(13-15-24)11-10-17-6-8-18(22-2)9-7-17/h3-5,17-18,22H,6-15H2,1-2H3. The Balaban J connectivity index is 1.42. The molecule has 1 saturated carbocycles. The lowest BCUT2D eigenvalue weighted by atomic mass is 9.84. The predicted molar refractivity (Wildman–Crippen MR) is 104 cm³/mol. The number of aryl methyl sites for hydroxylation is 1. The second-order valence-corrected chi connectivity index (χ2v) is 7.91. The minimum atomic E-state index is 0.767. The molecule has 2 fully saturated rings. The number of rotatable bonds is 5. The second-order valence-electron chi connectivity index (χ2n) is 7.53. The third-order valence-electron chi connectivity index (χ3n) is 5.99. The van der Waals surface area contributed by atoms with Crippen molar-refractivity contribution in [2.75, 3.05) is 44.7 Å². The van der Waals surface area contributed by atoms with E-state index in [0.717, 1.165) is 43.2 Å². The number of hydrogen-bond donors (Lipinski definition) is 1. The van der Waals surface area contributed by atoms with Crippen LogP contribution in [0.2, 0.25) is 5.02 Å². The summed E-state index contributed by atoms with van der Waals surface area (Å²) in [4.78, 5) is 5.09. The molecule has 2 aliphatic rings. The highest BCUT2D eigenvalue weighted by Gasteiger charge is 2.23. The molecule has 1 N–H and O–H groups in total. The van der Waals surface area contributed by atoms with Gasteiger partial charge in [0.2, 0.25) is 0 Å². The van der Waals surface area contributed by atoms with Crippen LogP contribution in [0.5, 0.6) is 0 Å². The lowest BCUT2D eigenvalue weighted by Crippen LogP contribution is -2.47. The molecule has 3 rings (SSSR count). The maximum atomic E-state index is 6.49. The van der Waals surface area contributed by atoms with E-state index in [1.807, 2.05) is 0 Å². The van der Waals surface area contributed by atoms with E-state index < -0.39 is 0 Å². The summed E-state index contributed by atoms with van der Waals surface area (Å²) in [6.07, 6.45) is 6.91. The van der Waals surface area contributed by atoms with Crippen molar-refractivity contribution in [2.45, 2.75) is 45.1 Å². The zero-order valence-corrected chi connectivity index (χ0v) is 16.0. The van der Waals surface area contributed by atoms with Crippen LogP contribution in [0.4, 0.5) is 5.69 Å². The number of hydrogen-bond acceptors (Lipinski definition) is 3. The van der Waals surface area contributed by atoms with Gasteiger partial charge in [0, 0.05) is 32.2 Å². The van der Waals surface area contributed by atoms with E-state index >= 15 is 0 Å². The van der Waals surface area contributed by atoms with Crippen molar-refractivity contribution in [3.05, 3.63) is 28.8 Å². The Bertz CT molecular complexity index is 518. The van der Waals surface area contributed by atoms with E-state index in [9.17, 15) is 0 Å². The zero-order chi connectivity index (χ0) is 16.9. The molecule has 1 heterocycles. The van der Waals surface area contributed by atoms with Gasteiger partial charge in [0.25, 0.3) is 0 Å². The third-order valence-corrected chi connectivity index (χ3v) is 6.48. The number of nitrogens with zero attached hydrogens (tertiary/aromatic N) is 2. The summed E-state index contributed by atoms with van der Waals surface area (Å²) in [5, 5.41) is 4.36. The fourth-order valence-corrected chi connectivity index (χ4v) is 4.44. The Morgan fingerprint density at radius 1 is 1.08 bits per heavy atom. The first-order valence-electron chi connectivity index (χ1n) is 9.57. The van der Waals surface area contributed by atoms with Gasteiger partial charge in [0.1, 0.15) is 0 Å². The Hall–Kier alpha value is -0.770. The summed E-state index contributed by atoms with van der Waals surface area (Å²) in [6, 6.07) is 7.13. The molecule has 4 heteroatoms. The Labute approximate surface area is 152 Å². The van der Waals surface area contributed by atoms with Crippen molar-refractivity contribution in [1.29, 1.82) is 0 Å². The van der Waals surface area contributed by atoms with Crippen molar-refractivity contribution in [2.24, 2.45) is 5.92 Å². The average molecular weight is 350 g/mol. The van der Waals surface area contributed by atoms with E-state index in [2.05, 4.69) is 47.3 Å². The quantitative estimate of drug-likeness (QED) is 0.868. The van der Waals surface area contributed by atoms with Crippen LogP contribution in [0.25, 0.3) is 0 Å². The van der Waals surface area contributed by atoms with Crippen molar-refractivity contribution in [3.8, 4) is 0 Å². The number of piperazine rings is 1. The van der Waals surface area contributed by atoms with Gasteiger partial charge in [0.15, 0.2) is 0 Å². The van der Waals surface area contributed by atoms with Gasteiger partial charge in [-0.3, -0.25) is 4.90 Å². The molecule has 1 aromatic rings. The maximum absolute atomic E-state index is 6.49. The average Bonchev–Trinajstić information content (AvgIpc) is 2.63. The Morgan fingerprint density at radius 2 is 1.79 bits per heavy atom. The fraction of sp³-hybridized carbons (Fsp3) is 0.700. The van der Waals surface area contributed by atoms with Gasteiger partial charge in [-0.2, -0.15) is 0 Å². The van der Waals surface area contributed by atoms with Crippen molar-refractivity contribution in [3.63, 3.8) is 0 Å². The highest BCUT2D eigenvalue weighted by atomic mass is 35.5. The van der Waals surface area contributed by atoms with Crippen LogP contribution in [0.3, 0.4) is 0 Å². The molecule has 24 heavy (non-hydrogen) atoms. The zero-order valence-electron chi connectivity index (χ0n) is 15.2. The third kappa shape index (κ3) is 4.44. The minimum Gasteiger partial charge on any atom is -0.368 e. The smallest absolute Gasteiger partial charge is 0.0668 e. The SMILES string of the molecule is CNC1CCC(CCN2CCN(c3cccc(C)c3Cl)CC2)CC1. The lowest BCUT2D eigenvalue weighted by molar-refractivity contribution is 0.212. The molecule has 0 aromatic heterocycles. The lowest BCUT2D eigenvalue weighted by Gasteiger charge is -2.37. The first-order valence-corrected chi connectivity index (χ1v) is 9.95. The van der Waals surface area contributed by atoms with Crippen LogP contribution in [0.15, 0.2) is 18.2 Å². The Morgan fingerprint density at radius 3 is 2.46 bits per heavy atom. The van der Waals surface area contributed by atoms with E-state index in [4.69, 9.17) is 11.6 Å². The Kier molecular flexibility index (Phi) is 6.43. The maximum Gasteiger partial charge on any atom is 0.0668 e. The molecular weight excluding hydrogens is 318 g/mol. The second kappa shape index (κ2) is 8.55. The highest BCUT2D eigenvalue weighted by Crippen LogP contribution is 2.30. The molecule has 0 bridgehead atoms. The van der Waals surface area contributed by atoms with Crippen LogP contribution < -0.4 is 10.2 Å². The number of nitrogens with one attached hydrogen (secondary N) is 1. The van der Waals surface area contributed by atoms with Gasteiger partial charge in [-0.05, 0) is 70.2 Å². The molecule has 0 spiro atoms. The largest absolute Gasteiger partial charge is 0.368 e. The van der Waals surface area contributed by atoms with Crippen molar-refractivity contribution < 1.29 is 0 Å². The fourth-order valence-electron chi connectivity index (χ4n) is 4.19. The van der Waals surface area contributed by atoms with Crippen LogP contribution >= 0.6 is 11.6 Å². The summed E-state index contributed by atoms with van der Waals surface area (Å²) < 4.78 is 0. The molecule has 1 aromatic carbocycles. The van der Waals surface area contributed by atoms with Crippen LogP contribution in [-0.2, 0) is 0 Å². The molecule has 0 radical (unpaired) electrons. The first-order chi connectivity index (χ1) is 11.7. The summed E-state index contributed by atoms with van der Waals surface area (Å²) in [6.45, 7) is 7.87. The van der Waals surface area contributed by atoms with Gasteiger partial charge in [-0.25, -0.2) is 0 Å². The van der Waals surface area contributed by atoms with E-state index in [1.165, 1.54) is 49.9 Å². The summed E-state index contributed by atoms with van der Waals surface area (Å²) >= 11 is 6.49. The van der Waals surface area contributed by atoms with E-state index in [1.54, 1.807) is 0 Å². The number of benzene rings is 1. The van der Waals surface area contributed by atoms with Gasteiger partial charge in [-0.1, -0.05) is 23.7 Å². The van der Waals surface area contributed by atoms with Gasteiger partial charge in [-0.15, -0.1) is 0 Å². The molecule has 1 saturated heterocycles. The van der Waals surface area contributed by atoms with Crippen molar-refractivity contribution in [1.82, 2.24) is 10.2 Å². The van der Waals surface area contributed by atoms with Crippen LogP contribution in [-0.4, -0.2) is 50.7 Å². The molecule has 3 nitrogen and oxygen atoms in total.